The Labute approximate surface area is 172 Å². The van der Waals surface area contributed by atoms with Crippen molar-refractivity contribution < 1.29 is 24.9 Å². The third-order valence-electron chi connectivity index (χ3n) is 4.78. The molecule has 0 spiro atoms. The molecule has 0 amide bonds. The Morgan fingerprint density at radius 2 is 1.93 bits per heavy atom. The van der Waals surface area contributed by atoms with E-state index in [0.29, 0.717) is 17.0 Å². The van der Waals surface area contributed by atoms with Gasteiger partial charge in [-0.3, -0.25) is 9.40 Å². The predicted octanol–water partition coefficient (Wildman–Crippen LogP) is 0.119. The molecule has 3 aromatic rings. The zero-order valence-electron chi connectivity index (χ0n) is 16.4. The molecule has 30 heavy (non-hydrogen) atoms. The van der Waals surface area contributed by atoms with E-state index in [2.05, 4.69) is 32.3 Å². The second-order valence-electron chi connectivity index (χ2n) is 6.87. The average molecular weight is 411 g/mol. The summed E-state index contributed by atoms with van der Waals surface area (Å²) in [5.41, 5.74) is 5.29. The number of benzene rings is 1. The molecule has 1 aromatic carbocycles. The lowest BCUT2D eigenvalue weighted by atomic mass is 10.1. The maximum Gasteiger partial charge on any atom is 0.209 e. The smallest absolute Gasteiger partial charge is 0.209 e. The van der Waals surface area contributed by atoms with Crippen molar-refractivity contribution in [2.75, 3.05) is 19.2 Å². The topological polar surface area (TPSA) is 135 Å². The van der Waals surface area contributed by atoms with Gasteiger partial charge in [0.05, 0.1) is 20.0 Å². The van der Waals surface area contributed by atoms with Crippen LogP contribution >= 0.6 is 0 Å². The number of hydrogen-bond donors (Lipinski definition) is 4. The fourth-order valence-corrected chi connectivity index (χ4v) is 3.20. The second-order valence-corrected chi connectivity index (χ2v) is 6.87. The molecule has 1 saturated heterocycles. The summed E-state index contributed by atoms with van der Waals surface area (Å²) in [4.78, 5) is 18.0. The lowest BCUT2D eigenvalue weighted by molar-refractivity contribution is -0.0511. The van der Waals surface area contributed by atoms with Crippen molar-refractivity contribution in [1.29, 1.82) is 0 Å². The standard InChI is InChI=1S/C20H21N5O5/c1-11-3-5-12(6-4-11)7-8-14-22-18(24-29-2)15-19(23-14)25(10-21-15)20-17(28)16(27)13(9-26)30-20/h3-6,10,13,16-17,20,26-28H,9H2,1-2H3,(H,22,23,24). The van der Waals surface area contributed by atoms with Crippen molar-refractivity contribution in [1.82, 2.24) is 19.5 Å². The first-order chi connectivity index (χ1) is 14.5. The minimum absolute atomic E-state index is 0.205. The van der Waals surface area contributed by atoms with E-state index in [-0.39, 0.29) is 5.82 Å². The highest BCUT2D eigenvalue weighted by atomic mass is 16.6. The van der Waals surface area contributed by atoms with Gasteiger partial charge in [-0.1, -0.05) is 23.6 Å². The molecule has 1 fully saturated rings. The molecule has 1 aliphatic heterocycles. The normalized spacial score (nSPS) is 23.4. The first-order valence-corrected chi connectivity index (χ1v) is 9.26. The minimum atomic E-state index is -1.27. The first-order valence-electron chi connectivity index (χ1n) is 9.26. The number of anilines is 1. The molecule has 10 nitrogen and oxygen atoms in total. The molecule has 0 radical (unpaired) electrons. The van der Waals surface area contributed by atoms with Gasteiger partial charge in [0.15, 0.2) is 23.2 Å². The zero-order chi connectivity index (χ0) is 21.3. The third kappa shape index (κ3) is 3.72. The first kappa shape index (κ1) is 20.2. The van der Waals surface area contributed by atoms with Gasteiger partial charge in [-0.25, -0.2) is 15.4 Å². The van der Waals surface area contributed by atoms with Crippen molar-refractivity contribution in [2.24, 2.45) is 0 Å². The van der Waals surface area contributed by atoms with Gasteiger partial charge in [0.2, 0.25) is 5.82 Å². The summed E-state index contributed by atoms with van der Waals surface area (Å²) < 4.78 is 7.06. The van der Waals surface area contributed by atoms with Gasteiger partial charge in [-0.05, 0) is 25.0 Å². The van der Waals surface area contributed by atoms with Crippen LogP contribution in [0.2, 0.25) is 0 Å². The predicted molar refractivity (Wildman–Crippen MR) is 106 cm³/mol. The van der Waals surface area contributed by atoms with E-state index in [0.717, 1.165) is 11.1 Å². The van der Waals surface area contributed by atoms with Crippen molar-refractivity contribution >= 4 is 17.0 Å². The Morgan fingerprint density at radius 1 is 1.17 bits per heavy atom. The van der Waals surface area contributed by atoms with Crippen LogP contribution in [0.5, 0.6) is 0 Å². The molecular formula is C20H21N5O5. The van der Waals surface area contributed by atoms with Crippen molar-refractivity contribution in [3.63, 3.8) is 0 Å². The van der Waals surface area contributed by atoms with Crippen LogP contribution in [0.3, 0.4) is 0 Å². The largest absolute Gasteiger partial charge is 0.394 e. The Morgan fingerprint density at radius 3 is 2.60 bits per heavy atom. The highest BCUT2D eigenvalue weighted by Gasteiger charge is 2.44. The number of aromatic nitrogens is 4. The summed E-state index contributed by atoms with van der Waals surface area (Å²) in [6.07, 6.45) is -2.99. The third-order valence-corrected chi connectivity index (χ3v) is 4.78. The van der Waals surface area contributed by atoms with Gasteiger partial charge in [-0.15, -0.1) is 0 Å². The number of hydrogen-bond acceptors (Lipinski definition) is 9. The Hall–Kier alpha value is -3.07. The summed E-state index contributed by atoms with van der Waals surface area (Å²) in [6.45, 7) is 1.57. The molecule has 4 unspecified atom stereocenters. The van der Waals surface area contributed by atoms with E-state index >= 15 is 0 Å². The molecule has 4 N–H and O–H groups in total. The van der Waals surface area contributed by atoms with Gasteiger partial charge in [0, 0.05) is 5.56 Å². The lowest BCUT2D eigenvalue weighted by Crippen LogP contribution is -2.33. The molecule has 0 aliphatic carbocycles. The molecular weight excluding hydrogens is 390 g/mol. The van der Waals surface area contributed by atoms with Gasteiger partial charge in [0.1, 0.15) is 18.3 Å². The summed E-state index contributed by atoms with van der Waals surface area (Å²) in [6, 6.07) is 7.72. The van der Waals surface area contributed by atoms with E-state index in [4.69, 9.17) is 9.57 Å². The van der Waals surface area contributed by atoms with Crippen molar-refractivity contribution in [3.05, 3.63) is 47.5 Å². The van der Waals surface area contributed by atoms with E-state index < -0.39 is 31.1 Å². The Kier molecular flexibility index (Phi) is 5.63. The summed E-state index contributed by atoms with van der Waals surface area (Å²) in [5, 5.41) is 29.8. The molecule has 2 aromatic heterocycles. The quantitative estimate of drug-likeness (QED) is 0.349. The zero-order valence-corrected chi connectivity index (χ0v) is 16.4. The van der Waals surface area contributed by atoms with Gasteiger partial charge in [-0.2, -0.15) is 4.98 Å². The fourth-order valence-electron chi connectivity index (χ4n) is 3.20. The number of aliphatic hydroxyl groups is 3. The van der Waals surface area contributed by atoms with E-state index in [9.17, 15) is 15.3 Å². The fraction of sp³-hybridized carbons (Fsp3) is 0.350. The van der Waals surface area contributed by atoms with Crippen molar-refractivity contribution in [3.8, 4) is 11.8 Å². The van der Waals surface area contributed by atoms with E-state index in [1.165, 1.54) is 18.0 Å². The van der Waals surface area contributed by atoms with Gasteiger partial charge >= 0.3 is 0 Å². The Balaban J connectivity index is 1.76. The maximum absolute atomic E-state index is 10.4. The van der Waals surface area contributed by atoms with Gasteiger partial charge in [0.25, 0.3) is 0 Å². The lowest BCUT2D eigenvalue weighted by Gasteiger charge is -2.16. The number of rotatable bonds is 4. The van der Waals surface area contributed by atoms with E-state index in [1.807, 2.05) is 31.2 Å². The van der Waals surface area contributed by atoms with Gasteiger partial charge < -0.3 is 20.1 Å². The van der Waals surface area contributed by atoms with Crippen LogP contribution in [0.4, 0.5) is 5.82 Å². The number of ether oxygens (including phenoxy) is 1. The van der Waals surface area contributed by atoms with Crippen LogP contribution in [-0.4, -0.2) is 66.9 Å². The number of aryl methyl sites for hydroxylation is 1. The number of aliphatic hydroxyl groups excluding tert-OH is 3. The summed E-state index contributed by atoms with van der Waals surface area (Å²) in [5.74, 6) is 6.42. The summed E-state index contributed by atoms with van der Waals surface area (Å²) in [7, 11) is 1.44. The Bertz CT molecular complexity index is 1100. The highest BCUT2D eigenvalue weighted by molar-refractivity contribution is 5.83. The van der Waals surface area contributed by atoms with E-state index in [1.54, 1.807) is 0 Å². The molecule has 10 heteroatoms. The summed E-state index contributed by atoms with van der Waals surface area (Å²) >= 11 is 0. The molecule has 0 saturated carbocycles. The average Bonchev–Trinajstić information content (AvgIpc) is 3.29. The highest BCUT2D eigenvalue weighted by Crippen LogP contribution is 2.32. The van der Waals surface area contributed by atoms with Crippen LogP contribution in [0.25, 0.3) is 11.2 Å². The SMILES string of the molecule is CONc1nc(C#Cc2ccc(C)cc2)nc2c1ncn2C1OC(CO)C(O)C1O. The number of imidazole rings is 1. The number of nitrogens with one attached hydrogen (secondary N) is 1. The minimum Gasteiger partial charge on any atom is -0.394 e. The van der Waals surface area contributed by atoms with Crippen LogP contribution < -0.4 is 5.48 Å². The molecule has 0 bridgehead atoms. The van der Waals surface area contributed by atoms with Crippen LogP contribution in [-0.2, 0) is 9.57 Å². The molecule has 1 aliphatic rings. The molecule has 156 valence electrons. The maximum atomic E-state index is 10.4. The van der Waals surface area contributed by atoms with Crippen molar-refractivity contribution in [2.45, 2.75) is 31.5 Å². The van der Waals surface area contributed by atoms with Crippen LogP contribution in [0.1, 0.15) is 23.2 Å². The van der Waals surface area contributed by atoms with Crippen LogP contribution in [0.15, 0.2) is 30.6 Å². The number of nitrogens with zero attached hydrogens (tertiary/aromatic N) is 4. The van der Waals surface area contributed by atoms with Crippen LogP contribution in [0, 0.1) is 18.8 Å². The monoisotopic (exact) mass is 411 g/mol. The molecule has 4 rings (SSSR count). The second kappa shape index (κ2) is 8.35. The molecule has 4 atom stereocenters. The molecule has 3 heterocycles. The number of fused-ring (bicyclic) bond motifs is 1.